The SMILES string of the molecule is CC(=O)Nc1cccc(Nc2ncnc(N3CCN(c4ccc(C#N)cc4)CC3)n2)c1. The smallest absolute Gasteiger partial charge is 0.231 e. The molecule has 0 saturated carbocycles. The Morgan fingerprint density at radius 3 is 2.42 bits per heavy atom. The van der Waals surface area contributed by atoms with Crippen molar-refractivity contribution in [1.29, 1.82) is 5.26 Å². The van der Waals surface area contributed by atoms with Crippen LogP contribution in [0.15, 0.2) is 54.9 Å². The molecule has 0 atom stereocenters. The van der Waals surface area contributed by atoms with Crippen LogP contribution in [0.4, 0.5) is 29.0 Å². The molecule has 1 fully saturated rings. The Hall–Kier alpha value is -4.19. The first-order chi connectivity index (χ1) is 15.1. The minimum atomic E-state index is -0.125. The number of hydrogen-bond acceptors (Lipinski definition) is 8. The van der Waals surface area contributed by atoms with Crippen molar-refractivity contribution in [3.05, 3.63) is 60.4 Å². The van der Waals surface area contributed by atoms with Crippen molar-refractivity contribution in [1.82, 2.24) is 15.0 Å². The Labute approximate surface area is 180 Å². The molecule has 1 saturated heterocycles. The molecule has 156 valence electrons. The number of anilines is 5. The maximum Gasteiger partial charge on any atom is 0.231 e. The topological polar surface area (TPSA) is 110 Å². The molecule has 31 heavy (non-hydrogen) atoms. The van der Waals surface area contributed by atoms with E-state index in [2.05, 4.69) is 41.5 Å². The molecule has 3 aromatic rings. The van der Waals surface area contributed by atoms with Crippen molar-refractivity contribution in [2.24, 2.45) is 0 Å². The van der Waals surface area contributed by atoms with Gasteiger partial charge >= 0.3 is 0 Å². The maximum atomic E-state index is 11.3. The number of nitrogens with zero attached hydrogens (tertiary/aromatic N) is 6. The van der Waals surface area contributed by atoms with E-state index in [4.69, 9.17) is 5.26 Å². The number of benzene rings is 2. The summed E-state index contributed by atoms with van der Waals surface area (Å²) >= 11 is 0. The number of carbonyl (C=O) groups excluding carboxylic acids is 1. The van der Waals surface area contributed by atoms with Gasteiger partial charge in [0, 0.05) is 50.2 Å². The minimum Gasteiger partial charge on any atom is -0.368 e. The average Bonchev–Trinajstić information content (AvgIpc) is 2.79. The summed E-state index contributed by atoms with van der Waals surface area (Å²) in [6, 6.07) is 17.2. The third-order valence-electron chi connectivity index (χ3n) is 4.92. The first-order valence-corrected chi connectivity index (χ1v) is 9.94. The highest BCUT2D eigenvalue weighted by Crippen LogP contribution is 2.21. The molecule has 2 heterocycles. The molecule has 9 heteroatoms. The fourth-order valence-corrected chi connectivity index (χ4v) is 3.42. The number of amides is 1. The van der Waals surface area contributed by atoms with Gasteiger partial charge in [0.1, 0.15) is 6.33 Å². The van der Waals surface area contributed by atoms with Crippen molar-refractivity contribution in [2.45, 2.75) is 6.92 Å². The number of nitrogens with one attached hydrogen (secondary N) is 2. The van der Waals surface area contributed by atoms with Crippen LogP contribution < -0.4 is 20.4 Å². The van der Waals surface area contributed by atoms with Crippen LogP contribution in [0.1, 0.15) is 12.5 Å². The lowest BCUT2D eigenvalue weighted by molar-refractivity contribution is -0.114. The summed E-state index contributed by atoms with van der Waals surface area (Å²) in [5.74, 6) is 0.939. The van der Waals surface area contributed by atoms with Crippen LogP contribution in [0.5, 0.6) is 0 Å². The number of carbonyl (C=O) groups is 1. The maximum absolute atomic E-state index is 11.3. The second-order valence-corrected chi connectivity index (χ2v) is 7.13. The van der Waals surface area contributed by atoms with Crippen molar-refractivity contribution < 1.29 is 4.79 Å². The lowest BCUT2D eigenvalue weighted by Crippen LogP contribution is -2.47. The van der Waals surface area contributed by atoms with Gasteiger partial charge in [-0.1, -0.05) is 6.07 Å². The molecular weight excluding hydrogens is 392 g/mol. The number of piperazine rings is 1. The Kier molecular flexibility index (Phi) is 5.89. The second kappa shape index (κ2) is 9.09. The second-order valence-electron chi connectivity index (χ2n) is 7.13. The normalized spacial score (nSPS) is 13.4. The Balaban J connectivity index is 1.40. The largest absolute Gasteiger partial charge is 0.368 e. The summed E-state index contributed by atoms with van der Waals surface area (Å²) < 4.78 is 0. The van der Waals surface area contributed by atoms with E-state index in [0.717, 1.165) is 37.6 Å². The highest BCUT2D eigenvalue weighted by atomic mass is 16.1. The summed E-state index contributed by atoms with van der Waals surface area (Å²) in [6.45, 7) is 4.70. The van der Waals surface area contributed by atoms with E-state index in [0.29, 0.717) is 23.1 Å². The lowest BCUT2D eigenvalue weighted by atomic mass is 10.2. The van der Waals surface area contributed by atoms with Gasteiger partial charge in [0.2, 0.25) is 17.8 Å². The highest BCUT2D eigenvalue weighted by Gasteiger charge is 2.20. The first-order valence-electron chi connectivity index (χ1n) is 9.94. The Bertz CT molecular complexity index is 1100. The predicted octanol–water partition coefficient (Wildman–Crippen LogP) is 2.77. The molecule has 0 spiro atoms. The zero-order valence-corrected chi connectivity index (χ0v) is 17.1. The summed E-state index contributed by atoms with van der Waals surface area (Å²) in [6.07, 6.45) is 1.50. The average molecular weight is 414 g/mol. The van der Waals surface area contributed by atoms with E-state index < -0.39 is 0 Å². The fraction of sp³-hybridized carbons (Fsp3) is 0.227. The molecule has 1 amide bonds. The van der Waals surface area contributed by atoms with E-state index in [-0.39, 0.29) is 5.91 Å². The van der Waals surface area contributed by atoms with E-state index in [1.54, 1.807) is 0 Å². The van der Waals surface area contributed by atoms with Crippen molar-refractivity contribution in [2.75, 3.05) is 46.6 Å². The molecule has 1 aliphatic heterocycles. The van der Waals surface area contributed by atoms with Crippen molar-refractivity contribution in [3.8, 4) is 6.07 Å². The van der Waals surface area contributed by atoms with Crippen LogP contribution in [-0.2, 0) is 4.79 Å². The molecular formula is C22H22N8O. The molecule has 0 radical (unpaired) electrons. The van der Waals surface area contributed by atoms with Gasteiger partial charge in [0.15, 0.2) is 0 Å². The van der Waals surface area contributed by atoms with Crippen LogP contribution in [0, 0.1) is 11.3 Å². The Morgan fingerprint density at radius 2 is 1.71 bits per heavy atom. The number of aromatic nitrogens is 3. The molecule has 9 nitrogen and oxygen atoms in total. The zero-order chi connectivity index (χ0) is 21.6. The summed E-state index contributed by atoms with van der Waals surface area (Å²) in [5.41, 5.74) is 3.24. The monoisotopic (exact) mass is 414 g/mol. The Morgan fingerprint density at radius 1 is 1.00 bits per heavy atom. The van der Waals surface area contributed by atoms with Crippen LogP contribution in [-0.4, -0.2) is 47.0 Å². The summed E-state index contributed by atoms with van der Waals surface area (Å²) in [7, 11) is 0. The van der Waals surface area contributed by atoms with Gasteiger partial charge in [-0.05, 0) is 42.5 Å². The van der Waals surface area contributed by atoms with Gasteiger partial charge in [-0.2, -0.15) is 10.2 Å². The summed E-state index contributed by atoms with van der Waals surface area (Å²) in [5, 5.41) is 14.9. The molecule has 1 aliphatic rings. The molecule has 2 N–H and O–H groups in total. The molecule has 0 unspecified atom stereocenters. The van der Waals surface area contributed by atoms with Gasteiger partial charge < -0.3 is 20.4 Å². The highest BCUT2D eigenvalue weighted by molar-refractivity contribution is 5.89. The van der Waals surface area contributed by atoms with Crippen LogP contribution >= 0.6 is 0 Å². The van der Waals surface area contributed by atoms with Crippen LogP contribution in [0.3, 0.4) is 0 Å². The van der Waals surface area contributed by atoms with E-state index in [1.165, 1.54) is 13.3 Å². The van der Waals surface area contributed by atoms with Gasteiger partial charge in [0.25, 0.3) is 0 Å². The third-order valence-corrected chi connectivity index (χ3v) is 4.92. The zero-order valence-electron chi connectivity index (χ0n) is 17.1. The van der Waals surface area contributed by atoms with E-state index in [1.807, 2.05) is 48.5 Å². The van der Waals surface area contributed by atoms with E-state index in [9.17, 15) is 4.79 Å². The van der Waals surface area contributed by atoms with Crippen LogP contribution in [0.25, 0.3) is 0 Å². The molecule has 2 aromatic carbocycles. The van der Waals surface area contributed by atoms with Gasteiger partial charge in [0.05, 0.1) is 11.6 Å². The summed E-state index contributed by atoms with van der Waals surface area (Å²) in [4.78, 5) is 28.8. The van der Waals surface area contributed by atoms with Crippen molar-refractivity contribution >= 4 is 34.9 Å². The van der Waals surface area contributed by atoms with Gasteiger partial charge in [-0.3, -0.25) is 4.79 Å². The van der Waals surface area contributed by atoms with Gasteiger partial charge in [-0.15, -0.1) is 0 Å². The standard InChI is InChI=1S/C22H22N8O/c1-16(31)26-18-3-2-4-19(13-18)27-21-24-15-25-22(28-21)30-11-9-29(10-12-30)20-7-5-17(14-23)6-8-20/h2-8,13,15H,9-12H2,1H3,(H,26,31)(H,24,25,27,28). The predicted molar refractivity (Wildman–Crippen MR) is 119 cm³/mol. The van der Waals surface area contributed by atoms with Crippen LogP contribution in [0.2, 0.25) is 0 Å². The first kappa shape index (κ1) is 20.1. The fourth-order valence-electron chi connectivity index (χ4n) is 3.42. The minimum absolute atomic E-state index is 0.125. The molecule has 0 bridgehead atoms. The lowest BCUT2D eigenvalue weighted by Gasteiger charge is -2.36. The van der Waals surface area contributed by atoms with E-state index >= 15 is 0 Å². The van der Waals surface area contributed by atoms with Crippen molar-refractivity contribution in [3.63, 3.8) is 0 Å². The number of hydrogen-bond donors (Lipinski definition) is 2. The molecule has 0 aliphatic carbocycles. The molecule has 1 aromatic heterocycles. The molecule has 4 rings (SSSR count). The van der Waals surface area contributed by atoms with Gasteiger partial charge in [-0.25, -0.2) is 9.97 Å². The quantitative estimate of drug-likeness (QED) is 0.656. The number of nitriles is 1. The number of rotatable bonds is 5. The third kappa shape index (κ3) is 5.05.